The molecule has 1 aromatic carbocycles. The number of ether oxygens (including phenoxy) is 2. The van der Waals surface area contributed by atoms with E-state index in [9.17, 15) is 0 Å². The number of thiophene rings is 1. The van der Waals surface area contributed by atoms with Crippen LogP contribution in [0.25, 0.3) is 0 Å². The molecule has 2 rings (SSSR count). The average Bonchev–Trinajstić information content (AvgIpc) is 3.04. The summed E-state index contributed by atoms with van der Waals surface area (Å²) in [5.74, 6) is 1.67. The van der Waals surface area contributed by atoms with Gasteiger partial charge in [-0.15, -0.1) is 0 Å². The molecule has 0 radical (unpaired) electrons. The normalized spacial score (nSPS) is 12.1. The van der Waals surface area contributed by atoms with Crippen molar-refractivity contribution in [3.8, 4) is 11.5 Å². The van der Waals surface area contributed by atoms with Crippen LogP contribution >= 0.6 is 11.3 Å². The molecule has 1 atom stereocenters. The molecular formula is C17H23NO2S. The SMILES string of the molecule is CCNC(CCc1ccsc1)c1cc(OC)cc(OC)c1. The number of nitrogens with one attached hydrogen (secondary N) is 1. The van der Waals surface area contributed by atoms with Crippen molar-refractivity contribution in [2.24, 2.45) is 0 Å². The number of hydrogen-bond acceptors (Lipinski definition) is 4. The molecular weight excluding hydrogens is 282 g/mol. The van der Waals surface area contributed by atoms with Gasteiger partial charge in [0.2, 0.25) is 0 Å². The van der Waals surface area contributed by atoms with Crippen LogP contribution in [-0.2, 0) is 6.42 Å². The van der Waals surface area contributed by atoms with Gasteiger partial charge in [-0.3, -0.25) is 0 Å². The molecule has 4 heteroatoms. The molecule has 1 aromatic heterocycles. The summed E-state index contributed by atoms with van der Waals surface area (Å²) in [6, 6.07) is 8.58. The largest absolute Gasteiger partial charge is 0.497 e. The number of rotatable bonds is 8. The van der Waals surface area contributed by atoms with Gasteiger partial charge < -0.3 is 14.8 Å². The zero-order chi connectivity index (χ0) is 15.1. The van der Waals surface area contributed by atoms with Crippen molar-refractivity contribution in [2.75, 3.05) is 20.8 Å². The van der Waals surface area contributed by atoms with Gasteiger partial charge in [0, 0.05) is 12.1 Å². The quantitative estimate of drug-likeness (QED) is 0.798. The van der Waals surface area contributed by atoms with Gasteiger partial charge in [-0.25, -0.2) is 0 Å². The number of benzene rings is 1. The minimum absolute atomic E-state index is 0.305. The van der Waals surface area contributed by atoms with E-state index in [4.69, 9.17) is 9.47 Å². The maximum atomic E-state index is 5.37. The summed E-state index contributed by atoms with van der Waals surface area (Å²) in [6.45, 7) is 3.07. The van der Waals surface area contributed by atoms with Gasteiger partial charge >= 0.3 is 0 Å². The molecule has 0 saturated carbocycles. The molecule has 1 heterocycles. The zero-order valence-electron chi connectivity index (χ0n) is 12.9. The zero-order valence-corrected chi connectivity index (χ0v) is 13.7. The van der Waals surface area contributed by atoms with Gasteiger partial charge in [0.15, 0.2) is 0 Å². The monoisotopic (exact) mass is 305 g/mol. The summed E-state index contributed by atoms with van der Waals surface area (Å²) < 4.78 is 10.7. The van der Waals surface area contributed by atoms with Crippen LogP contribution in [0.4, 0.5) is 0 Å². The van der Waals surface area contributed by atoms with Gasteiger partial charge in [0.1, 0.15) is 11.5 Å². The van der Waals surface area contributed by atoms with Gasteiger partial charge in [-0.2, -0.15) is 11.3 Å². The van der Waals surface area contributed by atoms with Gasteiger partial charge in [-0.1, -0.05) is 6.92 Å². The van der Waals surface area contributed by atoms with E-state index in [1.807, 2.05) is 6.07 Å². The Balaban J connectivity index is 2.16. The summed E-state index contributed by atoms with van der Waals surface area (Å²) in [5.41, 5.74) is 2.61. The topological polar surface area (TPSA) is 30.5 Å². The Labute approximate surface area is 130 Å². The van der Waals surface area contributed by atoms with E-state index in [2.05, 4.69) is 41.2 Å². The van der Waals surface area contributed by atoms with Crippen LogP contribution < -0.4 is 14.8 Å². The van der Waals surface area contributed by atoms with Crippen LogP contribution in [-0.4, -0.2) is 20.8 Å². The minimum Gasteiger partial charge on any atom is -0.497 e. The molecule has 0 bridgehead atoms. The van der Waals surface area contributed by atoms with E-state index in [0.717, 1.165) is 30.9 Å². The molecule has 21 heavy (non-hydrogen) atoms. The van der Waals surface area contributed by atoms with Crippen molar-refractivity contribution in [3.63, 3.8) is 0 Å². The molecule has 0 saturated heterocycles. The number of hydrogen-bond donors (Lipinski definition) is 1. The summed E-state index contributed by atoms with van der Waals surface area (Å²) in [4.78, 5) is 0. The molecule has 0 aliphatic carbocycles. The van der Waals surface area contributed by atoms with Crippen LogP contribution in [0.2, 0.25) is 0 Å². The van der Waals surface area contributed by atoms with Gasteiger partial charge in [0.25, 0.3) is 0 Å². The predicted octanol–water partition coefficient (Wildman–Crippen LogP) is 4.05. The van der Waals surface area contributed by atoms with E-state index in [-0.39, 0.29) is 0 Å². The fourth-order valence-electron chi connectivity index (χ4n) is 2.41. The second-order valence-corrected chi connectivity index (χ2v) is 5.71. The first kappa shape index (κ1) is 15.9. The Bertz CT molecular complexity index is 517. The van der Waals surface area contributed by atoms with Crippen molar-refractivity contribution in [1.29, 1.82) is 0 Å². The molecule has 114 valence electrons. The maximum absolute atomic E-state index is 5.37. The van der Waals surface area contributed by atoms with E-state index in [1.165, 1.54) is 11.1 Å². The third kappa shape index (κ3) is 4.48. The molecule has 0 aliphatic rings. The van der Waals surface area contributed by atoms with E-state index < -0.39 is 0 Å². The molecule has 2 aromatic rings. The lowest BCUT2D eigenvalue weighted by molar-refractivity contribution is 0.391. The second kappa shape index (κ2) is 8.05. The van der Waals surface area contributed by atoms with E-state index in [1.54, 1.807) is 25.6 Å². The molecule has 0 fully saturated rings. The van der Waals surface area contributed by atoms with Crippen LogP contribution in [0.5, 0.6) is 11.5 Å². The average molecular weight is 305 g/mol. The Morgan fingerprint density at radius 2 is 1.86 bits per heavy atom. The highest BCUT2D eigenvalue weighted by atomic mass is 32.1. The van der Waals surface area contributed by atoms with Crippen LogP contribution in [0.1, 0.15) is 30.5 Å². The molecule has 0 spiro atoms. The second-order valence-electron chi connectivity index (χ2n) is 4.93. The lowest BCUT2D eigenvalue weighted by Gasteiger charge is -2.19. The molecule has 0 amide bonds. The van der Waals surface area contributed by atoms with Crippen LogP contribution in [0, 0.1) is 0 Å². The first-order valence-corrected chi connectivity index (χ1v) is 8.18. The van der Waals surface area contributed by atoms with Crippen molar-refractivity contribution in [2.45, 2.75) is 25.8 Å². The van der Waals surface area contributed by atoms with E-state index >= 15 is 0 Å². The molecule has 3 nitrogen and oxygen atoms in total. The Morgan fingerprint density at radius 1 is 1.14 bits per heavy atom. The molecule has 1 N–H and O–H groups in total. The highest BCUT2D eigenvalue weighted by Gasteiger charge is 2.13. The maximum Gasteiger partial charge on any atom is 0.122 e. The summed E-state index contributed by atoms with van der Waals surface area (Å²) >= 11 is 1.75. The Morgan fingerprint density at radius 3 is 2.38 bits per heavy atom. The fourth-order valence-corrected chi connectivity index (χ4v) is 3.11. The highest BCUT2D eigenvalue weighted by molar-refractivity contribution is 7.07. The smallest absolute Gasteiger partial charge is 0.122 e. The van der Waals surface area contributed by atoms with E-state index in [0.29, 0.717) is 6.04 Å². The molecule has 0 aliphatic heterocycles. The third-order valence-electron chi connectivity index (χ3n) is 3.53. The van der Waals surface area contributed by atoms with Crippen molar-refractivity contribution >= 4 is 11.3 Å². The summed E-state index contributed by atoms with van der Waals surface area (Å²) in [7, 11) is 3.37. The predicted molar refractivity (Wildman–Crippen MR) is 88.6 cm³/mol. The van der Waals surface area contributed by atoms with Crippen molar-refractivity contribution in [1.82, 2.24) is 5.32 Å². The third-order valence-corrected chi connectivity index (χ3v) is 4.26. The van der Waals surface area contributed by atoms with Crippen LogP contribution in [0.3, 0.4) is 0 Å². The summed E-state index contributed by atoms with van der Waals surface area (Å²) in [6.07, 6.45) is 2.13. The fraction of sp³-hybridized carbons (Fsp3) is 0.412. The minimum atomic E-state index is 0.305. The van der Waals surface area contributed by atoms with Gasteiger partial charge in [-0.05, 0) is 59.5 Å². The van der Waals surface area contributed by atoms with Crippen molar-refractivity contribution in [3.05, 3.63) is 46.2 Å². The lowest BCUT2D eigenvalue weighted by Crippen LogP contribution is -2.21. The standard InChI is InChI=1S/C17H23NO2S/c1-4-18-17(6-5-13-7-8-21-12-13)14-9-15(19-2)11-16(10-14)20-3/h7-12,17-18H,4-6H2,1-3H3. The Kier molecular flexibility index (Phi) is 6.08. The van der Waals surface area contributed by atoms with Gasteiger partial charge in [0.05, 0.1) is 14.2 Å². The highest BCUT2D eigenvalue weighted by Crippen LogP contribution is 2.28. The Hall–Kier alpha value is -1.52. The van der Waals surface area contributed by atoms with Crippen LogP contribution in [0.15, 0.2) is 35.0 Å². The number of aryl methyl sites for hydroxylation is 1. The molecule has 1 unspecified atom stereocenters. The first-order valence-electron chi connectivity index (χ1n) is 7.24. The number of methoxy groups -OCH3 is 2. The summed E-state index contributed by atoms with van der Waals surface area (Å²) in [5, 5.41) is 7.90. The lowest BCUT2D eigenvalue weighted by atomic mass is 9.99. The van der Waals surface area contributed by atoms with Crippen molar-refractivity contribution < 1.29 is 9.47 Å². The first-order chi connectivity index (χ1) is 10.3.